The second kappa shape index (κ2) is 4.94. The lowest BCUT2D eigenvalue weighted by atomic mass is 9.80. The minimum atomic E-state index is -1.01. The molecular formula is C17H21BrO5. The highest BCUT2D eigenvalue weighted by atomic mass is 79.9. The van der Waals surface area contributed by atoms with Crippen molar-refractivity contribution in [2.75, 3.05) is 14.2 Å². The van der Waals surface area contributed by atoms with Crippen molar-refractivity contribution in [1.82, 2.24) is 0 Å². The number of ketones is 1. The molecular weight excluding hydrogens is 364 g/mol. The lowest BCUT2D eigenvalue weighted by Crippen LogP contribution is -2.41. The Hall–Kier alpha value is -1.11. The summed E-state index contributed by atoms with van der Waals surface area (Å²) in [6.07, 6.45) is -0.454. The minimum absolute atomic E-state index is 0.0491. The summed E-state index contributed by atoms with van der Waals surface area (Å²) >= 11 is 3.43. The first-order valence-corrected chi connectivity index (χ1v) is 8.24. The van der Waals surface area contributed by atoms with Crippen LogP contribution in [-0.2, 0) is 14.3 Å². The number of benzene rings is 1. The van der Waals surface area contributed by atoms with Crippen molar-refractivity contribution >= 4 is 21.7 Å². The van der Waals surface area contributed by atoms with E-state index in [0.717, 1.165) is 10.0 Å². The van der Waals surface area contributed by atoms with Crippen LogP contribution in [-0.4, -0.2) is 36.8 Å². The SMILES string of the molecule is COc1cc(Br)cc(OC)c1[C@@H]1O[C@@]12C(=O)C(C)(C)OC2(C)C. The highest BCUT2D eigenvalue weighted by Gasteiger charge is 2.79. The summed E-state index contributed by atoms with van der Waals surface area (Å²) in [5, 5.41) is 0. The third kappa shape index (κ3) is 2.15. The van der Waals surface area contributed by atoms with Crippen LogP contribution in [0, 0.1) is 0 Å². The number of carbonyl (C=O) groups excluding carboxylic acids is 1. The van der Waals surface area contributed by atoms with Crippen molar-refractivity contribution in [2.45, 2.75) is 50.6 Å². The van der Waals surface area contributed by atoms with Gasteiger partial charge in [-0.2, -0.15) is 0 Å². The van der Waals surface area contributed by atoms with Crippen LogP contribution in [0.5, 0.6) is 11.5 Å². The van der Waals surface area contributed by atoms with E-state index in [0.29, 0.717) is 11.5 Å². The summed E-state index contributed by atoms with van der Waals surface area (Å²) in [4.78, 5) is 12.9. The third-order valence-corrected chi connectivity index (χ3v) is 5.13. The zero-order valence-electron chi connectivity index (χ0n) is 14.2. The maximum atomic E-state index is 12.9. The smallest absolute Gasteiger partial charge is 0.201 e. The standard InChI is InChI=1S/C17H21BrO5/c1-15(2)14(19)17(16(3,4)23-15)13(22-17)12-10(20-5)7-9(18)8-11(12)21-6/h7-8,13H,1-6H3/t13-,17+/m0/s1. The van der Waals surface area contributed by atoms with Gasteiger partial charge in [0.25, 0.3) is 0 Å². The number of hydrogen-bond donors (Lipinski definition) is 0. The molecule has 2 aliphatic rings. The van der Waals surface area contributed by atoms with Crippen LogP contribution in [0.4, 0.5) is 0 Å². The Morgan fingerprint density at radius 2 is 1.61 bits per heavy atom. The van der Waals surface area contributed by atoms with E-state index < -0.39 is 22.9 Å². The number of methoxy groups -OCH3 is 2. The van der Waals surface area contributed by atoms with E-state index in [9.17, 15) is 4.79 Å². The predicted octanol–water partition coefficient (Wildman–Crippen LogP) is 3.43. The summed E-state index contributed by atoms with van der Waals surface area (Å²) in [6.45, 7) is 7.33. The van der Waals surface area contributed by atoms with Gasteiger partial charge < -0.3 is 18.9 Å². The lowest BCUT2D eigenvalue weighted by Gasteiger charge is -2.24. The Kier molecular flexibility index (Phi) is 3.60. The second-order valence-corrected chi connectivity index (χ2v) is 7.83. The number of epoxide rings is 1. The quantitative estimate of drug-likeness (QED) is 0.747. The van der Waals surface area contributed by atoms with Crippen LogP contribution in [0.3, 0.4) is 0 Å². The summed E-state index contributed by atoms with van der Waals surface area (Å²) in [7, 11) is 3.17. The van der Waals surface area contributed by atoms with Gasteiger partial charge in [0.05, 0.1) is 19.8 Å². The monoisotopic (exact) mass is 384 g/mol. The molecule has 2 fully saturated rings. The fourth-order valence-corrected chi connectivity index (χ4v) is 4.11. The fraction of sp³-hybridized carbons (Fsp3) is 0.588. The molecule has 126 valence electrons. The third-order valence-electron chi connectivity index (χ3n) is 4.68. The topological polar surface area (TPSA) is 57.3 Å². The minimum Gasteiger partial charge on any atom is -0.496 e. The van der Waals surface area contributed by atoms with E-state index in [1.165, 1.54) is 0 Å². The predicted molar refractivity (Wildman–Crippen MR) is 88.1 cm³/mol. The summed E-state index contributed by atoms with van der Waals surface area (Å²) < 4.78 is 23.8. The molecule has 2 atom stereocenters. The molecule has 2 heterocycles. The molecule has 0 unspecified atom stereocenters. The van der Waals surface area contributed by atoms with Gasteiger partial charge in [-0.3, -0.25) is 4.79 Å². The number of ether oxygens (including phenoxy) is 4. The molecule has 1 aromatic carbocycles. The molecule has 0 radical (unpaired) electrons. The van der Waals surface area contributed by atoms with Crippen LogP contribution in [0.25, 0.3) is 0 Å². The summed E-state index contributed by atoms with van der Waals surface area (Å²) in [5.74, 6) is 1.19. The van der Waals surface area contributed by atoms with Crippen molar-refractivity contribution in [3.8, 4) is 11.5 Å². The van der Waals surface area contributed by atoms with Gasteiger partial charge in [0.1, 0.15) is 28.8 Å². The molecule has 1 spiro atoms. The van der Waals surface area contributed by atoms with Gasteiger partial charge in [0.15, 0.2) is 5.60 Å². The molecule has 0 aromatic heterocycles. The molecule has 0 bridgehead atoms. The Morgan fingerprint density at radius 3 is 2.00 bits per heavy atom. The Morgan fingerprint density at radius 1 is 1.09 bits per heavy atom. The molecule has 5 nitrogen and oxygen atoms in total. The molecule has 3 rings (SSSR count). The van der Waals surface area contributed by atoms with Crippen molar-refractivity contribution in [3.05, 3.63) is 22.2 Å². The molecule has 0 saturated carbocycles. The number of Topliss-reactive ketones (excluding diaryl/α,β-unsaturated/α-hetero) is 1. The van der Waals surface area contributed by atoms with E-state index in [-0.39, 0.29) is 5.78 Å². The Bertz CT molecular complexity index is 657. The van der Waals surface area contributed by atoms with Gasteiger partial charge in [0, 0.05) is 4.47 Å². The van der Waals surface area contributed by atoms with Crippen LogP contribution < -0.4 is 9.47 Å². The number of hydrogen-bond acceptors (Lipinski definition) is 5. The highest BCUT2D eigenvalue weighted by molar-refractivity contribution is 9.10. The van der Waals surface area contributed by atoms with Gasteiger partial charge in [-0.15, -0.1) is 0 Å². The van der Waals surface area contributed by atoms with Crippen LogP contribution >= 0.6 is 15.9 Å². The average molecular weight is 385 g/mol. The zero-order valence-corrected chi connectivity index (χ0v) is 15.7. The molecule has 2 saturated heterocycles. The van der Waals surface area contributed by atoms with Crippen molar-refractivity contribution in [1.29, 1.82) is 0 Å². The van der Waals surface area contributed by atoms with Gasteiger partial charge in [-0.1, -0.05) is 15.9 Å². The molecule has 1 aromatic rings. The number of rotatable bonds is 3. The van der Waals surface area contributed by atoms with E-state index in [1.54, 1.807) is 28.1 Å². The number of halogens is 1. The molecule has 2 aliphatic heterocycles. The van der Waals surface area contributed by atoms with Gasteiger partial charge >= 0.3 is 0 Å². The maximum Gasteiger partial charge on any atom is 0.201 e. The number of carbonyl (C=O) groups is 1. The summed E-state index contributed by atoms with van der Waals surface area (Å²) in [6, 6.07) is 3.68. The maximum absolute atomic E-state index is 12.9. The Balaban J connectivity index is 2.12. The normalized spacial score (nSPS) is 30.6. The van der Waals surface area contributed by atoms with Crippen LogP contribution in [0.1, 0.15) is 39.4 Å². The van der Waals surface area contributed by atoms with E-state index in [1.807, 2.05) is 26.0 Å². The molecule has 6 heteroatoms. The largest absolute Gasteiger partial charge is 0.496 e. The average Bonchev–Trinajstić information content (AvgIpc) is 3.18. The van der Waals surface area contributed by atoms with Crippen LogP contribution in [0.2, 0.25) is 0 Å². The molecule has 0 amide bonds. The zero-order chi connectivity index (χ0) is 17.2. The van der Waals surface area contributed by atoms with Gasteiger partial charge in [-0.05, 0) is 39.8 Å². The Labute approximate surface area is 144 Å². The van der Waals surface area contributed by atoms with Gasteiger partial charge in [-0.25, -0.2) is 0 Å². The first-order valence-electron chi connectivity index (χ1n) is 7.45. The van der Waals surface area contributed by atoms with E-state index in [2.05, 4.69) is 15.9 Å². The fourth-order valence-electron chi connectivity index (χ4n) is 3.69. The first kappa shape index (κ1) is 16.7. The first-order chi connectivity index (χ1) is 10.6. The van der Waals surface area contributed by atoms with Crippen molar-refractivity contribution in [2.24, 2.45) is 0 Å². The highest BCUT2D eigenvalue weighted by Crippen LogP contribution is 2.66. The molecule has 0 N–H and O–H groups in total. The second-order valence-electron chi connectivity index (χ2n) is 6.91. The molecule has 23 heavy (non-hydrogen) atoms. The summed E-state index contributed by atoms with van der Waals surface area (Å²) in [5.41, 5.74) is -1.89. The van der Waals surface area contributed by atoms with Crippen molar-refractivity contribution < 1.29 is 23.7 Å². The van der Waals surface area contributed by atoms with Crippen molar-refractivity contribution in [3.63, 3.8) is 0 Å². The van der Waals surface area contributed by atoms with E-state index in [4.69, 9.17) is 18.9 Å². The molecule has 0 aliphatic carbocycles. The van der Waals surface area contributed by atoms with E-state index >= 15 is 0 Å². The van der Waals surface area contributed by atoms with Gasteiger partial charge in [0.2, 0.25) is 5.78 Å². The van der Waals surface area contributed by atoms with Crippen LogP contribution in [0.15, 0.2) is 16.6 Å². The lowest BCUT2D eigenvalue weighted by molar-refractivity contribution is -0.132.